The molecule has 3 rings (SSSR count). The van der Waals surface area contributed by atoms with E-state index in [9.17, 15) is 4.79 Å². The maximum atomic E-state index is 12.1. The van der Waals surface area contributed by atoms with Gasteiger partial charge >= 0.3 is 0 Å². The van der Waals surface area contributed by atoms with Crippen molar-refractivity contribution >= 4 is 22.9 Å². The average Bonchev–Trinajstić information content (AvgIpc) is 3.18. The van der Waals surface area contributed by atoms with Crippen LogP contribution in [0.5, 0.6) is 0 Å². The van der Waals surface area contributed by atoms with Gasteiger partial charge in [0.2, 0.25) is 0 Å². The Bertz CT molecular complexity index is 749. The van der Waals surface area contributed by atoms with E-state index in [1.165, 1.54) is 11.3 Å². The lowest BCUT2D eigenvalue weighted by Gasteiger charge is -2.07. The molecule has 0 saturated heterocycles. The van der Waals surface area contributed by atoms with E-state index >= 15 is 0 Å². The predicted molar refractivity (Wildman–Crippen MR) is 83.4 cm³/mol. The number of hydrogen-bond donors (Lipinski definition) is 1. The molecule has 3 aromatic rings. The van der Waals surface area contributed by atoms with Crippen LogP contribution in [-0.4, -0.2) is 20.7 Å². The van der Waals surface area contributed by atoms with Crippen LogP contribution in [0.4, 0.5) is 5.69 Å². The van der Waals surface area contributed by atoms with E-state index < -0.39 is 0 Å². The average molecular weight is 298 g/mol. The Morgan fingerprint density at radius 3 is 3.00 bits per heavy atom. The highest BCUT2D eigenvalue weighted by atomic mass is 32.1. The van der Waals surface area contributed by atoms with Crippen LogP contribution in [0.1, 0.15) is 16.6 Å². The van der Waals surface area contributed by atoms with Crippen molar-refractivity contribution in [3.63, 3.8) is 0 Å². The molecule has 1 amide bonds. The van der Waals surface area contributed by atoms with E-state index in [1.54, 1.807) is 12.4 Å². The third-order valence-corrected chi connectivity index (χ3v) is 3.95. The van der Waals surface area contributed by atoms with Crippen LogP contribution in [-0.2, 0) is 6.54 Å². The standard InChI is InChI=1S/C15H14N4OS/c1-2-19-10-16-18-14(19)11-5-3-6-12(9-11)17-15(20)13-7-4-8-21-13/h3-10H,2H2,1H3,(H,17,20). The minimum absolute atomic E-state index is 0.0980. The van der Waals surface area contributed by atoms with Crippen LogP contribution in [0.3, 0.4) is 0 Å². The Balaban J connectivity index is 1.85. The number of nitrogens with one attached hydrogen (secondary N) is 1. The lowest BCUT2D eigenvalue weighted by atomic mass is 10.2. The normalized spacial score (nSPS) is 10.5. The first-order chi connectivity index (χ1) is 10.3. The summed E-state index contributed by atoms with van der Waals surface area (Å²) in [6, 6.07) is 11.3. The van der Waals surface area contributed by atoms with Gasteiger partial charge in [0, 0.05) is 17.8 Å². The van der Waals surface area contributed by atoms with Crippen LogP contribution in [0.25, 0.3) is 11.4 Å². The number of amides is 1. The minimum Gasteiger partial charge on any atom is -0.321 e. The fraction of sp³-hybridized carbons (Fsp3) is 0.133. The molecule has 0 saturated carbocycles. The van der Waals surface area contributed by atoms with Crippen molar-refractivity contribution in [2.75, 3.05) is 5.32 Å². The van der Waals surface area contributed by atoms with Gasteiger partial charge in [0.1, 0.15) is 6.33 Å². The van der Waals surface area contributed by atoms with Gasteiger partial charge in [-0.2, -0.15) is 0 Å². The number of aromatic nitrogens is 3. The van der Waals surface area contributed by atoms with Crippen LogP contribution < -0.4 is 5.32 Å². The largest absolute Gasteiger partial charge is 0.321 e. The highest BCUT2D eigenvalue weighted by Gasteiger charge is 2.09. The molecular formula is C15H14N4OS. The molecule has 1 N–H and O–H groups in total. The number of carbonyl (C=O) groups excluding carboxylic acids is 1. The van der Waals surface area contributed by atoms with Gasteiger partial charge in [-0.15, -0.1) is 21.5 Å². The first-order valence-electron chi connectivity index (χ1n) is 6.61. The molecule has 0 radical (unpaired) electrons. The molecule has 106 valence electrons. The summed E-state index contributed by atoms with van der Waals surface area (Å²) in [5, 5.41) is 12.8. The van der Waals surface area contributed by atoms with Crippen molar-refractivity contribution in [1.29, 1.82) is 0 Å². The maximum absolute atomic E-state index is 12.1. The van der Waals surface area contributed by atoms with Gasteiger partial charge in [0.15, 0.2) is 5.82 Å². The quantitative estimate of drug-likeness (QED) is 0.804. The molecule has 0 aliphatic carbocycles. The first kappa shape index (κ1) is 13.5. The van der Waals surface area contributed by atoms with Crippen LogP contribution >= 0.6 is 11.3 Å². The zero-order valence-electron chi connectivity index (χ0n) is 11.5. The number of thiophene rings is 1. The summed E-state index contributed by atoms with van der Waals surface area (Å²) in [4.78, 5) is 12.8. The van der Waals surface area contributed by atoms with Crippen molar-refractivity contribution in [2.24, 2.45) is 0 Å². The first-order valence-corrected chi connectivity index (χ1v) is 7.49. The Morgan fingerprint density at radius 2 is 2.24 bits per heavy atom. The fourth-order valence-corrected chi connectivity index (χ4v) is 2.67. The molecule has 6 heteroatoms. The van der Waals surface area contributed by atoms with Crippen LogP contribution in [0.15, 0.2) is 48.1 Å². The zero-order valence-corrected chi connectivity index (χ0v) is 12.3. The Morgan fingerprint density at radius 1 is 1.33 bits per heavy atom. The van der Waals surface area contributed by atoms with E-state index in [0.29, 0.717) is 4.88 Å². The van der Waals surface area contributed by atoms with Crippen molar-refractivity contribution in [3.8, 4) is 11.4 Å². The summed E-state index contributed by atoms with van der Waals surface area (Å²) in [6.07, 6.45) is 1.70. The number of hydrogen-bond acceptors (Lipinski definition) is 4. The van der Waals surface area contributed by atoms with Gasteiger partial charge in [-0.25, -0.2) is 0 Å². The summed E-state index contributed by atoms with van der Waals surface area (Å²) >= 11 is 1.42. The molecule has 0 bridgehead atoms. The summed E-state index contributed by atoms with van der Waals surface area (Å²) in [6.45, 7) is 2.84. The Kier molecular flexibility index (Phi) is 3.79. The maximum Gasteiger partial charge on any atom is 0.265 e. The number of nitrogens with zero attached hydrogens (tertiary/aromatic N) is 3. The minimum atomic E-state index is -0.0980. The lowest BCUT2D eigenvalue weighted by molar-refractivity contribution is 0.103. The Labute approximate surface area is 126 Å². The molecule has 0 atom stereocenters. The number of aryl methyl sites for hydroxylation is 1. The Hall–Kier alpha value is -2.47. The summed E-state index contributed by atoms with van der Waals surface area (Å²) in [5.74, 6) is 0.698. The summed E-state index contributed by atoms with van der Waals surface area (Å²) in [5.41, 5.74) is 1.68. The third-order valence-electron chi connectivity index (χ3n) is 3.08. The van der Waals surface area contributed by atoms with E-state index in [-0.39, 0.29) is 5.91 Å². The van der Waals surface area contributed by atoms with Crippen molar-refractivity contribution in [2.45, 2.75) is 13.5 Å². The van der Waals surface area contributed by atoms with Gasteiger partial charge in [-0.05, 0) is 30.5 Å². The molecule has 0 aliphatic rings. The molecule has 0 aliphatic heterocycles. The highest BCUT2D eigenvalue weighted by Crippen LogP contribution is 2.21. The molecule has 0 fully saturated rings. The van der Waals surface area contributed by atoms with Gasteiger partial charge in [0.05, 0.1) is 4.88 Å². The molecule has 21 heavy (non-hydrogen) atoms. The zero-order chi connectivity index (χ0) is 14.7. The van der Waals surface area contributed by atoms with Crippen LogP contribution in [0, 0.1) is 0 Å². The molecular weight excluding hydrogens is 284 g/mol. The van der Waals surface area contributed by atoms with Crippen LogP contribution in [0.2, 0.25) is 0 Å². The van der Waals surface area contributed by atoms with Crippen molar-refractivity contribution < 1.29 is 4.79 Å². The molecule has 2 aromatic heterocycles. The van der Waals surface area contributed by atoms with Gasteiger partial charge in [-0.1, -0.05) is 18.2 Å². The van der Waals surface area contributed by atoms with Gasteiger partial charge in [-0.3, -0.25) is 4.79 Å². The van der Waals surface area contributed by atoms with E-state index in [1.807, 2.05) is 47.2 Å². The number of benzene rings is 1. The molecule has 5 nitrogen and oxygen atoms in total. The van der Waals surface area contributed by atoms with Crippen molar-refractivity contribution in [3.05, 3.63) is 53.0 Å². The molecule has 1 aromatic carbocycles. The third kappa shape index (κ3) is 2.85. The summed E-state index contributed by atoms with van der Waals surface area (Å²) < 4.78 is 1.96. The van der Waals surface area contributed by atoms with E-state index in [0.717, 1.165) is 23.6 Å². The second-order valence-electron chi connectivity index (χ2n) is 4.45. The molecule has 0 spiro atoms. The smallest absolute Gasteiger partial charge is 0.265 e. The number of rotatable bonds is 4. The van der Waals surface area contributed by atoms with Crippen molar-refractivity contribution in [1.82, 2.24) is 14.8 Å². The second-order valence-corrected chi connectivity index (χ2v) is 5.40. The lowest BCUT2D eigenvalue weighted by Crippen LogP contribution is -2.10. The van der Waals surface area contributed by atoms with E-state index in [4.69, 9.17) is 0 Å². The second kappa shape index (κ2) is 5.88. The van der Waals surface area contributed by atoms with Gasteiger partial charge in [0.25, 0.3) is 5.91 Å². The number of anilines is 1. The predicted octanol–water partition coefficient (Wildman–Crippen LogP) is 3.28. The fourth-order valence-electron chi connectivity index (χ4n) is 2.05. The topological polar surface area (TPSA) is 59.8 Å². The monoisotopic (exact) mass is 298 g/mol. The molecule has 2 heterocycles. The molecule has 0 unspecified atom stereocenters. The van der Waals surface area contributed by atoms with E-state index in [2.05, 4.69) is 15.5 Å². The highest BCUT2D eigenvalue weighted by molar-refractivity contribution is 7.12. The van der Waals surface area contributed by atoms with Gasteiger partial charge < -0.3 is 9.88 Å². The number of carbonyl (C=O) groups is 1. The summed E-state index contributed by atoms with van der Waals surface area (Å²) in [7, 11) is 0. The SMILES string of the molecule is CCn1cnnc1-c1cccc(NC(=O)c2cccs2)c1.